The number of halogens is 1. The van der Waals surface area contributed by atoms with Crippen molar-refractivity contribution in [2.75, 3.05) is 5.32 Å². The van der Waals surface area contributed by atoms with Crippen LogP contribution in [0.25, 0.3) is 0 Å². The number of nitrogens with two attached hydrogens (primary N) is 1. The van der Waals surface area contributed by atoms with Crippen molar-refractivity contribution < 1.29 is 4.79 Å². The minimum atomic E-state index is -0.490. The van der Waals surface area contributed by atoms with Crippen LogP contribution in [0, 0.1) is 0 Å². The lowest BCUT2D eigenvalue weighted by Crippen LogP contribution is -2.35. The van der Waals surface area contributed by atoms with Crippen molar-refractivity contribution in [1.82, 2.24) is 4.98 Å². The van der Waals surface area contributed by atoms with Gasteiger partial charge >= 0.3 is 0 Å². The first-order valence-electron chi connectivity index (χ1n) is 5.31. The second kappa shape index (κ2) is 6.45. The second-order valence-corrected chi connectivity index (χ2v) is 4.00. The number of rotatable bonds is 5. The number of carbonyl (C=O) groups is 1. The molecule has 16 heavy (non-hydrogen) atoms. The van der Waals surface area contributed by atoms with E-state index >= 15 is 0 Å². The van der Waals surface area contributed by atoms with Gasteiger partial charge in [0.15, 0.2) is 0 Å². The molecule has 5 heteroatoms. The van der Waals surface area contributed by atoms with Crippen LogP contribution in [-0.4, -0.2) is 16.9 Å². The Morgan fingerprint density at radius 2 is 2.44 bits per heavy atom. The molecule has 0 bridgehead atoms. The molecule has 0 fully saturated rings. The Bertz CT molecular complexity index is 357. The predicted molar refractivity (Wildman–Crippen MR) is 65.4 cm³/mol. The van der Waals surface area contributed by atoms with Gasteiger partial charge in [-0.05, 0) is 12.5 Å². The molecule has 0 aliphatic rings. The molecule has 0 spiro atoms. The molecule has 1 aromatic heterocycles. The summed E-state index contributed by atoms with van der Waals surface area (Å²) in [7, 11) is 0. The molecule has 1 atom stereocenters. The molecule has 0 saturated carbocycles. The fraction of sp³-hybridized carbons (Fsp3) is 0.455. The van der Waals surface area contributed by atoms with Gasteiger partial charge in [0.2, 0.25) is 5.91 Å². The maximum atomic E-state index is 11.6. The van der Waals surface area contributed by atoms with E-state index in [1.54, 1.807) is 12.3 Å². The zero-order chi connectivity index (χ0) is 12.0. The number of amides is 1. The van der Waals surface area contributed by atoms with Gasteiger partial charge in [0, 0.05) is 6.20 Å². The molecule has 4 nitrogen and oxygen atoms in total. The van der Waals surface area contributed by atoms with Crippen molar-refractivity contribution in [2.45, 2.75) is 32.2 Å². The highest BCUT2D eigenvalue weighted by Crippen LogP contribution is 2.19. The van der Waals surface area contributed by atoms with E-state index in [0.717, 1.165) is 12.8 Å². The topological polar surface area (TPSA) is 68.0 Å². The van der Waals surface area contributed by atoms with E-state index in [1.807, 2.05) is 0 Å². The molecular weight excluding hydrogens is 226 g/mol. The molecule has 0 aliphatic carbocycles. The first kappa shape index (κ1) is 12.9. The first-order valence-corrected chi connectivity index (χ1v) is 5.69. The van der Waals surface area contributed by atoms with Crippen LogP contribution >= 0.6 is 11.6 Å². The standard InChI is InChI=1S/C11H16ClN3O/c1-2-3-4-9(13)11(16)15-10-7-14-6-5-8(10)12/h5-7,9H,2-4,13H2,1H3,(H,15,16). The zero-order valence-electron chi connectivity index (χ0n) is 9.24. The number of pyridine rings is 1. The quantitative estimate of drug-likeness (QED) is 0.830. The molecule has 0 radical (unpaired) electrons. The van der Waals surface area contributed by atoms with Crippen molar-refractivity contribution in [1.29, 1.82) is 0 Å². The molecule has 0 aromatic carbocycles. The average molecular weight is 242 g/mol. The van der Waals surface area contributed by atoms with Crippen LogP contribution in [0.2, 0.25) is 5.02 Å². The Labute approximate surface area is 100 Å². The van der Waals surface area contributed by atoms with Gasteiger partial charge in [-0.1, -0.05) is 31.4 Å². The lowest BCUT2D eigenvalue weighted by atomic mass is 10.1. The molecule has 1 rings (SSSR count). The summed E-state index contributed by atoms with van der Waals surface area (Å²) in [5.41, 5.74) is 6.23. The fourth-order valence-corrected chi connectivity index (χ4v) is 1.40. The Balaban J connectivity index is 2.54. The van der Waals surface area contributed by atoms with E-state index in [-0.39, 0.29) is 5.91 Å². The third-order valence-electron chi connectivity index (χ3n) is 2.23. The summed E-state index contributed by atoms with van der Waals surface area (Å²) in [5.74, 6) is -0.219. The van der Waals surface area contributed by atoms with Crippen LogP contribution in [0.5, 0.6) is 0 Å². The maximum Gasteiger partial charge on any atom is 0.241 e. The Hall–Kier alpha value is -1.13. The Kier molecular flexibility index (Phi) is 5.22. The van der Waals surface area contributed by atoms with Gasteiger partial charge in [-0.2, -0.15) is 0 Å². The summed E-state index contributed by atoms with van der Waals surface area (Å²) in [5, 5.41) is 3.12. The highest BCUT2D eigenvalue weighted by molar-refractivity contribution is 6.33. The van der Waals surface area contributed by atoms with Gasteiger partial charge in [0.25, 0.3) is 0 Å². The summed E-state index contributed by atoms with van der Waals surface area (Å²) < 4.78 is 0. The third kappa shape index (κ3) is 3.79. The van der Waals surface area contributed by atoms with Gasteiger partial charge in [-0.3, -0.25) is 9.78 Å². The van der Waals surface area contributed by atoms with Crippen LogP contribution in [0.3, 0.4) is 0 Å². The predicted octanol–water partition coefficient (Wildman–Crippen LogP) is 2.19. The number of hydrogen-bond acceptors (Lipinski definition) is 3. The molecule has 0 saturated heterocycles. The summed E-state index contributed by atoms with van der Waals surface area (Å²) >= 11 is 5.88. The zero-order valence-corrected chi connectivity index (χ0v) is 10.00. The molecule has 1 heterocycles. The molecule has 1 amide bonds. The van der Waals surface area contributed by atoms with Crippen molar-refractivity contribution in [2.24, 2.45) is 5.73 Å². The highest BCUT2D eigenvalue weighted by atomic mass is 35.5. The molecule has 3 N–H and O–H groups in total. The number of hydrogen-bond donors (Lipinski definition) is 2. The summed E-state index contributed by atoms with van der Waals surface area (Å²) in [4.78, 5) is 15.5. The SMILES string of the molecule is CCCCC(N)C(=O)Nc1cnccc1Cl. The van der Waals surface area contributed by atoms with Gasteiger partial charge < -0.3 is 11.1 Å². The van der Waals surface area contributed by atoms with E-state index in [1.165, 1.54) is 6.20 Å². The van der Waals surface area contributed by atoms with E-state index in [2.05, 4.69) is 17.2 Å². The Morgan fingerprint density at radius 3 is 3.06 bits per heavy atom. The minimum Gasteiger partial charge on any atom is -0.322 e. The van der Waals surface area contributed by atoms with Crippen LogP contribution in [0.4, 0.5) is 5.69 Å². The fourth-order valence-electron chi connectivity index (χ4n) is 1.25. The van der Waals surface area contributed by atoms with E-state index < -0.39 is 6.04 Å². The maximum absolute atomic E-state index is 11.6. The molecule has 1 unspecified atom stereocenters. The van der Waals surface area contributed by atoms with E-state index in [0.29, 0.717) is 17.1 Å². The number of anilines is 1. The smallest absolute Gasteiger partial charge is 0.241 e. The van der Waals surface area contributed by atoms with Gasteiger partial charge in [-0.25, -0.2) is 0 Å². The lowest BCUT2D eigenvalue weighted by Gasteiger charge is -2.12. The molecule has 1 aromatic rings. The van der Waals surface area contributed by atoms with Crippen molar-refractivity contribution in [3.63, 3.8) is 0 Å². The summed E-state index contributed by atoms with van der Waals surface area (Å²) in [6.45, 7) is 2.06. The average Bonchev–Trinajstić information content (AvgIpc) is 2.28. The van der Waals surface area contributed by atoms with E-state index in [9.17, 15) is 4.79 Å². The van der Waals surface area contributed by atoms with Crippen molar-refractivity contribution in [3.8, 4) is 0 Å². The number of carbonyl (C=O) groups excluding carboxylic acids is 1. The largest absolute Gasteiger partial charge is 0.322 e. The first-order chi connectivity index (χ1) is 7.65. The van der Waals surface area contributed by atoms with Crippen molar-refractivity contribution in [3.05, 3.63) is 23.5 Å². The van der Waals surface area contributed by atoms with Gasteiger partial charge in [0.1, 0.15) is 0 Å². The Morgan fingerprint density at radius 1 is 1.69 bits per heavy atom. The second-order valence-electron chi connectivity index (χ2n) is 3.59. The van der Waals surface area contributed by atoms with Crippen LogP contribution < -0.4 is 11.1 Å². The van der Waals surface area contributed by atoms with Crippen LogP contribution in [0.15, 0.2) is 18.5 Å². The third-order valence-corrected chi connectivity index (χ3v) is 2.56. The number of nitrogens with one attached hydrogen (secondary N) is 1. The molecule has 88 valence electrons. The van der Waals surface area contributed by atoms with Crippen molar-refractivity contribution >= 4 is 23.2 Å². The number of nitrogens with zero attached hydrogens (tertiary/aromatic N) is 1. The number of unbranched alkanes of at least 4 members (excludes halogenated alkanes) is 1. The summed E-state index contributed by atoms with van der Waals surface area (Å²) in [6.07, 6.45) is 5.71. The molecular formula is C11H16ClN3O. The van der Waals surface area contributed by atoms with Gasteiger partial charge in [0.05, 0.1) is 22.9 Å². The lowest BCUT2D eigenvalue weighted by molar-refractivity contribution is -0.117. The molecule has 0 aliphatic heterocycles. The number of aromatic nitrogens is 1. The van der Waals surface area contributed by atoms with Gasteiger partial charge in [-0.15, -0.1) is 0 Å². The van der Waals surface area contributed by atoms with Crippen LogP contribution in [0.1, 0.15) is 26.2 Å². The van der Waals surface area contributed by atoms with E-state index in [4.69, 9.17) is 17.3 Å². The summed E-state index contributed by atoms with van der Waals surface area (Å²) in [6, 6.07) is 1.13. The van der Waals surface area contributed by atoms with Crippen LogP contribution in [-0.2, 0) is 4.79 Å². The highest BCUT2D eigenvalue weighted by Gasteiger charge is 2.13. The monoisotopic (exact) mass is 241 g/mol. The normalized spacial score (nSPS) is 12.2. The minimum absolute atomic E-state index is 0.219.